The normalized spacial score (nSPS) is 14.1. The van der Waals surface area contributed by atoms with Crippen molar-refractivity contribution in [1.29, 1.82) is 0 Å². The Morgan fingerprint density at radius 1 is 1.15 bits per heavy atom. The Morgan fingerprint density at radius 2 is 2.00 bits per heavy atom. The second-order valence-corrected chi connectivity index (χ2v) is 4.41. The lowest BCUT2D eigenvalue weighted by molar-refractivity contribution is 0.173. The Kier molecular flexibility index (Phi) is 3.43. The molecule has 2 aromatic carbocycles. The van der Waals surface area contributed by atoms with Gasteiger partial charge < -0.3 is 19.9 Å². The van der Waals surface area contributed by atoms with Crippen molar-refractivity contribution in [2.45, 2.75) is 6.10 Å². The Bertz CT molecular complexity index is 618. The highest BCUT2D eigenvalue weighted by molar-refractivity contribution is 5.47. The third kappa shape index (κ3) is 2.53. The molecule has 1 aliphatic rings. The lowest BCUT2D eigenvalue weighted by Gasteiger charge is -2.18. The maximum Gasteiger partial charge on any atom is 0.231 e. The maximum absolute atomic E-state index is 13.2. The van der Waals surface area contributed by atoms with Gasteiger partial charge in [-0.1, -0.05) is 12.1 Å². The molecule has 4 nitrogen and oxygen atoms in total. The molecule has 0 spiro atoms. The first-order valence-corrected chi connectivity index (χ1v) is 6.28. The van der Waals surface area contributed by atoms with Gasteiger partial charge in [0.2, 0.25) is 6.79 Å². The summed E-state index contributed by atoms with van der Waals surface area (Å²) < 4.78 is 29.6. The highest BCUT2D eigenvalue weighted by Gasteiger charge is 2.17. The predicted octanol–water partition coefficient (Wildman–Crippen LogP) is 2.63. The average Bonchev–Trinajstić information content (AvgIpc) is 2.92. The van der Waals surface area contributed by atoms with Gasteiger partial charge in [-0.15, -0.1) is 0 Å². The summed E-state index contributed by atoms with van der Waals surface area (Å²) in [6.45, 7) is 0.459. The van der Waals surface area contributed by atoms with Gasteiger partial charge in [-0.05, 0) is 29.8 Å². The zero-order chi connectivity index (χ0) is 13.9. The van der Waals surface area contributed by atoms with E-state index in [9.17, 15) is 4.39 Å². The molecule has 5 heteroatoms. The Morgan fingerprint density at radius 3 is 2.80 bits per heavy atom. The number of ether oxygens (including phenoxy) is 3. The van der Waals surface area contributed by atoms with Gasteiger partial charge in [0, 0.05) is 12.6 Å². The first-order chi connectivity index (χ1) is 9.76. The van der Waals surface area contributed by atoms with E-state index in [0.29, 0.717) is 22.8 Å². The van der Waals surface area contributed by atoms with Gasteiger partial charge in [-0.2, -0.15) is 0 Å². The smallest absolute Gasteiger partial charge is 0.231 e. The SMILES string of the molecule is NCC(Oc1ccc2c(c1)OCO2)c1cccc(F)c1. The lowest BCUT2D eigenvalue weighted by Crippen LogP contribution is -2.18. The molecule has 0 radical (unpaired) electrons. The summed E-state index contributed by atoms with van der Waals surface area (Å²) in [7, 11) is 0. The van der Waals surface area contributed by atoms with Gasteiger partial charge in [0.1, 0.15) is 17.7 Å². The molecule has 20 heavy (non-hydrogen) atoms. The zero-order valence-corrected chi connectivity index (χ0v) is 10.7. The van der Waals surface area contributed by atoms with E-state index in [1.807, 2.05) is 0 Å². The molecular weight excluding hydrogens is 261 g/mol. The number of hydrogen-bond acceptors (Lipinski definition) is 4. The van der Waals surface area contributed by atoms with Gasteiger partial charge in [0.15, 0.2) is 11.5 Å². The molecule has 3 rings (SSSR count). The number of halogens is 1. The van der Waals surface area contributed by atoms with Gasteiger partial charge in [0.05, 0.1) is 0 Å². The Labute approximate surface area is 115 Å². The molecule has 0 amide bonds. The van der Waals surface area contributed by atoms with Crippen LogP contribution in [0.15, 0.2) is 42.5 Å². The highest BCUT2D eigenvalue weighted by Crippen LogP contribution is 2.36. The van der Waals surface area contributed by atoms with Crippen molar-refractivity contribution in [2.75, 3.05) is 13.3 Å². The van der Waals surface area contributed by atoms with Crippen molar-refractivity contribution >= 4 is 0 Å². The minimum absolute atomic E-state index is 0.211. The quantitative estimate of drug-likeness (QED) is 0.932. The van der Waals surface area contributed by atoms with Crippen molar-refractivity contribution in [3.05, 3.63) is 53.8 Å². The van der Waals surface area contributed by atoms with Crippen molar-refractivity contribution in [3.63, 3.8) is 0 Å². The predicted molar refractivity (Wildman–Crippen MR) is 71.4 cm³/mol. The zero-order valence-electron chi connectivity index (χ0n) is 10.7. The summed E-state index contributed by atoms with van der Waals surface area (Å²) in [5.74, 6) is 1.62. The number of rotatable bonds is 4. The summed E-state index contributed by atoms with van der Waals surface area (Å²) in [6.07, 6.45) is -0.411. The van der Waals surface area contributed by atoms with Crippen molar-refractivity contribution in [2.24, 2.45) is 5.73 Å². The lowest BCUT2D eigenvalue weighted by atomic mass is 10.1. The van der Waals surface area contributed by atoms with Gasteiger partial charge in [-0.25, -0.2) is 4.39 Å². The van der Waals surface area contributed by atoms with Gasteiger partial charge in [-0.3, -0.25) is 0 Å². The van der Waals surface area contributed by atoms with Crippen molar-refractivity contribution in [3.8, 4) is 17.2 Å². The Hall–Kier alpha value is -2.27. The average molecular weight is 275 g/mol. The molecule has 1 aliphatic heterocycles. The number of benzene rings is 2. The molecular formula is C15H14FNO3. The Balaban J connectivity index is 1.81. The third-order valence-electron chi connectivity index (χ3n) is 3.06. The van der Waals surface area contributed by atoms with Crippen LogP contribution in [0.5, 0.6) is 17.2 Å². The summed E-state index contributed by atoms with van der Waals surface area (Å²) in [4.78, 5) is 0. The molecule has 0 saturated carbocycles. The summed E-state index contributed by atoms with van der Waals surface area (Å²) >= 11 is 0. The minimum atomic E-state index is -0.411. The van der Waals surface area contributed by atoms with Crippen LogP contribution in [0.1, 0.15) is 11.7 Å². The monoisotopic (exact) mass is 275 g/mol. The first kappa shape index (κ1) is 12.7. The number of fused-ring (bicyclic) bond motifs is 1. The van der Waals surface area contributed by atoms with E-state index in [1.54, 1.807) is 30.3 Å². The molecule has 1 heterocycles. The van der Waals surface area contributed by atoms with E-state index in [1.165, 1.54) is 12.1 Å². The first-order valence-electron chi connectivity index (χ1n) is 6.28. The summed E-state index contributed by atoms with van der Waals surface area (Å²) in [5.41, 5.74) is 6.41. The van der Waals surface area contributed by atoms with Crippen LogP contribution in [-0.4, -0.2) is 13.3 Å². The topological polar surface area (TPSA) is 53.7 Å². The molecule has 2 N–H and O–H groups in total. The standard InChI is InChI=1S/C15H14FNO3/c16-11-3-1-2-10(6-11)15(8-17)20-12-4-5-13-14(7-12)19-9-18-13/h1-7,15H,8-9,17H2. The second-order valence-electron chi connectivity index (χ2n) is 4.41. The van der Waals surface area contributed by atoms with Gasteiger partial charge in [0.25, 0.3) is 0 Å². The second kappa shape index (κ2) is 5.38. The van der Waals surface area contributed by atoms with Crippen LogP contribution in [0.3, 0.4) is 0 Å². The summed E-state index contributed by atoms with van der Waals surface area (Å²) in [5, 5.41) is 0. The maximum atomic E-state index is 13.2. The van der Waals surface area contributed by atoms with E-state index >= 15 is 0 Å². The molecule has 104 valence electrons. The van der Waals surface area contributed by atoms with Crippen LogP contribution < -0.4 is 19.9 Å². The molecule has 0 aromatic heterocycles. The van der Waals surface area contributed by atoms with E-state index in [-0.39, 0.29) is 19.2 Å². The van der Waals surface area contributed by atoms with Crippen LogP contribution in [-0.2, 0) is 0 Å². The van der Waals surface area contributed by atoms with Crippen LogP contribution in [0, 0.1) is 5.82 Å². The van der Waals surface area contributed by atoms with E-state index in [0.717, 1.165) is 0 Å². The van der Waals surface area contributed by atoms with Crippen molar-refractivity contribution in [1.82, 2.24) is 0 Å². The van der Waals surface area contributed by atoms with Crippen LogP contribution in [0.2, 0.25) is 0 Å². The summed E-state index contributed by atoms with van der Waals surface area (Å²) in [6, 6.07) is 11.5. The van der Waals surface area contributed by atoms with Gasteiger partial charge >= 0.3 is 0 Å². The minimum Gasteiger partial charge on any atom is -0.484 e. The van der Waals surface area contributed by atoms with Crippen LogP contribution >= 0.6 is 0 Å². The molecule has 2 aromatic rings. The number of nitrogens with two attached hydrogens (primary N) is 1. The van der Waals surface area contributed by atoms with E-state index in [2.05, 4.69) is 0 Å². The highest BCUT2D eigenvalue weighted by atomic mass is 19.1. The van der Waals surface area contributed by atoms with Crippen molar-refractivity contribution < 1.29 is 18.6 Å². The molecule has 0 fully saturated rings. The van der Waals surface area contributed by atoms with Crippen LogP contribution in [0.25, 0.3) is 0 Å². The molecule has 1 unspecified atom stereocenters. The molecule has 1 atom stereocenters. The largest absolute Gasteiger partial charge is 0.484 e. The fourth-order valence-electron chi connectivity index (χ4n) is 2.07. The fourth-order valence-corrected chi connectivity index (χ4v) is 2.07. The van der Waals surface area contributed by atoms with E-state index < -0.39 is 6.10 Å². The fraction of sp³-hybridized carbons (Fsp3) is 0.200. The van der Waals surface area contributed by atoms with E-state index in [4.69, 9.17) is 19.9 Å². The molecule has 0 bridgehead atoms. The molecule has 0 aliphatic carbocycles. The third-order valence-corrected chi connectivity index (χ3v) is 3.06. The van der Waals surface area contributed by atoms with Crippen LogP contribution in [0.4, 0.5) is 4.39 Å². The molecule has 0 saturated heterocycles. The number of hydrogen-bond donors (Lipinski definition) is 1.